The van der Waals surface area contributed by atoms with Crippen LogP contribution >= 0.6 is 0 Å². The minimum atomic E-state index is 0.539. The molecule has 1 saturated carbocycles. The molecule has 3 rings (SSSR count). The number of hydrogen-bond acceptors (Lipinski definition) is 4. The van der Waals surface area contributed by atoms with E-state index in [0.717, 1.165) is 30.6 Å². The Hall–Kier alpha value is -0.900. The maximum absolute atomic E-state index is 5.54. The van der Waals surface area contributed by atoms with Crippen LogP contribution in [0.15, 0.2) is 4.52 Å². The molecule has 118 valence electrons. The molecule has 0 amide bonds. The fourth-order valence-corrected chi connectivity index (χ4v) is 3.86. The molecule has 1 saturated heterocycles. The van der Waals surface area contributed by atoms with Crippen LogP contribution in [0, 0.1) is 11.8 Å². The lowest BCUT2D eigenvalue weighted by Crippen LogP contribution is -2.33. The molecular formula is C17H29N3O. The van der Waals surface area contributed by atoms with Crippen molar-refractivity contribution in [2.45, 2.75) is 70.6 Å². The number of rotatable bonds is 4. The van der Waals surface area contributed by atoms with Gasteiger partial charge in [-0.2, -0.15) is 4.98 Å². The van der Waals surface area contributed by atoms with Crippen LogP contribution in [0.5, 0.6) is 0 Å². The van der Waals surface area contributed by atoms with Gasteiger partial charge < -0.3 is 9.84 Å². The summed E-state index contributed by atoms with van der Waals surface area (Å²) in [5.41, 5.74) is 0. The average molecular weight is 291 g/mol. The molecule has 0 aromatic carbocycles. The first kappa shape index (κ1) is 15.0. The molecular weight excluding hydrogens is 262 g/mol. The van der Waals surface area contributed by atoms with Gasteiger partial charge in [0.05, 0.1) is 0 Å². The van der Waals surface area contributed by atoms with E-state index in [4.69, 9.17) is 9.51 Å². The third-order valence-electron chi connectivity index (χ3n) is 5.34. The normalized spacial score (nSPS) is 26.4. The molecule has 2 unspecified atom stereocenters. The molecule has 21 heavy (non-hydrogen) atoms. The van der Waals surface area contributed by atoms with Crippen LogP contribution < -0.4 is 5.32 Å². The van der Waals surface area contributed by atoms with Crippen molar-refractivity contribution < 1.29 is 4.52 Å². The highest BCUT2D eigenvalue weighted by Crippen LogP contribution is 2.30. The second-order valence-electron chi connectivity index (χ2n) is 7.02. The summed E-state index contributed by atoms with van der Waals surface area (Å²) in [6.07, 6.45) is 11.4. The lowest BCUT2D eigenvalue weighted by molar-refractivity contribution is 0.256. The Morgan fingerprint density at radius 3 is 2.67 bits per heavy atom. The van der Waals surface area contributed by atoms with E-state index in [1.807, 2.05) is 0 Å². The van der Waals surface area contributed by atoms with Gasteiger partial charge >= 0.3 is 0 Å². The Morgan fingerprint density at radius 1 is 1.14 bits per heavy atom. The topological polar surface area (TPSA) is 51.0 Å². The number of aromatic nitrogens is 2. The van der Waals surface area contributed by atoms with Gasteiger partial charge in [-0.15, -0.1) is 0 Å². The predicted molar refractivity (Wildman–Crippen MR) is 83.2 cm³/mol. The third kappa shape index (κ3) is 4.06. The maximum Gasteiger partial charge on any atom is 0.226 e. The Bertz CT molecular complexity index is 417. The van der Waals surface area contributed by atoms with Gasteiger partial charge in [0.1, 0.15) is 0 Å². The van der Waals surface area contributed by atoms with E-state index >= 15 is 0 Å². The highest BCUT2D eigenvalue weighted by molar-refractivity contribution is 4.97. The average Bonchev–Trinajstić information content (AvgIpc) is 2.81. The summed E-state index contributed by atoms with van der Waals surface area (Å²) in [5, 5.41) is 7.78. The fraction of sp³-hybridized carbons (Fsp3) is 0.882. The van der Waals surface area contributed by atoms with Crippen LogP contribution in [0.1, 0.15) is 75.9 Å². The first-order valence-electron chi connectivity index (χ1n) is 8.86. The zero-order valence-corrected chi connectivity index (χ0v) is 13.3. The van der Waals surface area contributed by atoms with E-state index in [-0.39, 0.29) is 0 Å². The Morgan fingerprint density at radius 2 is 1.95 bits per heavy atom. The van der Waals surface area contributed by atoms with Gasteiger partial charge in [-0.05, 0) is 50.6 Å². The number of nitrogens with one attached hydrogen (secondary N) is 1. The van der Waals surface area contributed by atoms with E-state index in [0.29, 0.717) is 11.8 Å². The van der Waals surface area contributed by atoms with E-state index in [1.165, 1.54) is 57.9 Å². The van der Waals surface area contributed by atoms with Crippen molar-refractivity contribution in [3.05, 3.63) is 11.7 Å². The summed E-state index contributed by atoms with van der Waals surface area (Å²) in [5.74, 6) is 3.75. The molecule has 1 aliphatic heterocycles. The summed E-state index contributed by atoms with van der Waals surface area (Å²) >= 11 is 0. The molecule has 2 heterocycles. The highest BCUT2D eigenvalue weighted by atomic mass is 16.5. The third-order valence-corrected chi connectivity index (χ3v) is 5.34. The second kappa shape index (κ2) is 7.39. The highest BCUT2D eigenvalue weighted by Gasteiger charge is 2.24. The Kier molecular flexibility index (Phi) is 5.28. The summed E-state index contributed by atoms with van der Waals surface area (Å²) < 4.78 is 5.54. The lowest BCUT2D eigenvalue weighted by Gasteiger charge is -2.27. The molecule has 2 fully saturated rings. The molecule has 1 aliphatic carbocycles. The molecule has 1 aromatic heterocycles. The van der Waals surface area contributed by atoms with Crippen LogP contribution in [0.2, 0.25) is 0 Å². The molecule has 0 radical (unpaired) electrons. The zero-order chi connectivity index (χ0) is 14.5. The summed E-state index contributed by atoms with van der Waals surface area (Å²) in [7, 11) is 0. The van der Waals surface area contributed by atoms with Crippen molar-refractivity contribution in [3.63, 3.8) is 0 Å². The standard InChI is InChI=1S/C17H29N3O/c1-13(15-9-6-10-18-12-15)11-16-19-17(20-21-16)14-7-4-2-3-5-8-14/h13-15,18H,2-12H2,1H3. The van der Waals surface area contributed by atoms with Crippen molar-refractivity contribution >= 4 is 0 Å². The van der Waals surface area contributed by atoms with Crippen LogP contribution in [-0.4, -0.2) is 23.2 Å². The van der Waals surface area contributed by atoms with Crippen LogP contribution in [-0.2, 0) is 6.42 Å². The van der Waals surface area contributed by atoms with Gasteiger partial charge in [0.25, 0.3) is 0 Å². The predicted octanol–water partition coefficient (Wildman–Crippen LogP) is 3.69. The first-order valence-corrected chi connectivity index (χ1v) is 8.86. The summed E-state index contributed by atoms with van der Waals surface area (Å²) in [6.45, 7) is 4.65. The van der Waals surface area contributed by atoms with Crippen molar-refractivity contribution in [2.75, 3.05) is 13.1 Å². The van der Waals surface area contributed by atoms with Gasteiger partial charge in [0, 0.05) is 12.3 Å². The van der Waals surface area contributed by atoms with E-state index in [1.54, 1.807) is 0 Å². The van der Waals surface area contributed by atoms with Crippen molar-refractivity contribution in [3.8, 4) is 0 Å². The lowest BCUT2D eigenvalue weighted by atomic mass is 9.85. The van der Waals surface area contributed by atoms with Gasteiger partial charge in [0.2, 0.25) is 5.89 Å². The zero-order valence-electron chi connectivity index (χ0n) is 13.3. The molecule has 1 aromatic rings. The molecule has 4 heteroatoms. The SMILES string of the molecule is CC(Cc1nc(C2CCCCCC2)no1)C1CCCNC1. The van der Waals surface area contributed by atoms with E-state index in [2.05, 4.69) is 17.4 Å². The molecule has 4 nitrogen and oxygen atoms in total. The van der Waals surface area contributed by atoms with Crippen molar-refractivity contribution in [1.82, 2.24) is 15.5 Å². The first-order chi connectivity index (χ1) is 10.3. The molecule has 0 bridgehead atoms. The van der Waals surface area contributed by atoms with Gasteiger partial charge in [0.15, 0.2) is 5.82 Å². The fourth-order valence-electron chi connectivity index (χ4n) is 3.86. The van der Waals surface area contributed by atoms with E-state index in [9.17, 15) is 0 Å². The number of piperidine rings is 1. The van der Waals surface area contributed by atoms with Gasteiger partial charge in [-0.25, -0.2) is 0 Å². The van der Waals surface area contributed by atoms with Gasteiger partial charge in [-0.3, -0.25) is 0 Å². The summed E-state index contributed by atoms with van der Waals surface area (Å²) in [4.78, 5) is 4.71. The molecule has 1 N–H and O–H groups in total. The number of hydrogen-bond donors (Lipinski definition) is 1. The Labute approximate surface area is 128 Å². The van der Waals surface area contributed by atoms with Crippen LogP contribution in [0.25, 0.3) is 0 Å². The maximum atomic E-state index is 5.54. The molecule has 0 spiro atoms. The summed E-state index contributed by atoms with van der Waals surface area (Å²) in [6, 6.07) is 0. The number of nitrogens with zero attached hydrogens (tertiary/aromatic N) is 2. The minimum absolute atomic E-state index is 0.539. The smallest absolute Gasteiger partial charge is 0.226 e. The second-order valence-corrected chi connectivity index (χ2v) is 7.02. The van der Waals surface area contributed by atoms with Crippen molar-refractivity contribution in [1.29, 1.82) is 0 Å². The van der Waals surface area contributed by atoms with Crippen LogP contribution in [0.4, 0.5) is 0 Å². The molecule has 2 aliphatic rings. The van der Waals surface area contributed by atoms with E-state index < -0.39 is 0 Å². The minimum Gasteiger partial charge on any atom is -0.339 e. The largest absolute Gasteiger partial charge is 0.339 e. The molecule has 2 atom stereocenters. The monoisotopic (exact) mass is 291 g/mol. The van der Waals surface area contributed by atoms with Crippen molar-refractivity contribution in [2.24, 2.45) is 11.8 Å². The van der Waals surface area contributed by atoms with Crippen LogP contribution in [0.3, 0.4) is 0 Å². The Balaban J connectivity index is 1.56. The quantitative estimate of drug-likeness (QED) is 0.860. The van der Waals surface area contributed by atoms with Gasteiger partial charge in [-0.1, -0.05) is 37.8 Å².